The number of hydrogen-bond donors (Lipinski definition) is 2. The van der Waals surface area contributed by atoms with Gasteiger partial charge in [-0.2, -0.15) is 0 Å². The lowest BCUT2D eigenvalue weighted by atomic mass is 10.1. The van der Waals surface area contributed by atoms with Crippen LogP contribution in [0, 0.1) is 0 Å². The van der Waals surface area contributed by atoms with E-state index in [2.05, 4.69) is 5.32 Å². The summed E-state index contributed by atoms with van der Waals surface area (Å²) in [5.74, 6) is 0. The lowest BCUT2D eigenvalue weighted by Crippen LogP contribution is -2.19. The third kappa shape index (κ3) is 3.13. The molecule has 0 unspecified atom stereocenters. The van der Waals surface area contributed by atoms with Crippen molar-refractivity contribution in [2.45, 2.75) is 6.42 Å². The molecule has 0 atom stereocenters. The van der Waals surface area contributed by atoms with Gasteiger partial charge in [-0.15, -0.1) is 0 Å². The van der Waals surface area contributed by atoms with Gasteiger partial charge in [0.05, 0.1) is 6.61 Å². The summed E-state index contributed by atoms with van der Waals surface area (Å²) in [6, 6.07) is 6.44. The lowest BCUT2D eigenvalue weighted by Gasteiger charge is -2.02. The maximum atomic E-state index is 10.4. The molecule has 0 aliphatic rings. The summed E-state index contributed by atoms with van der Waals surface area (Å²) in [5.41, 5.74) is 6.53. The summed E-state index contributed by atoms with van der Waals surface area (Å²) < 4.78 is 0. The molecule has 0 saturated carbocycles. The number of urea groups is 1. The smallest absolute Gasteiger partial charge is 0.316 e. The van der Waals surface area contributed by atoms with Crippen LogP contribution in [0.25, 0.3) is 0 Å². The second-order valence-corrected chi connectivity index (χ2v) is 2.64. The first kappa shape index (κ1) is 9.54. The molecule has 1 radical (unpaired) electrons. The molecule has 4 heteroatoms. The second kappa shape index (κ2) is 4.47. The zero-order valence-electron chi connectivity index (χ0n) is 7.12. The van der Waals surface area contributed by atoms with E-state index in [-0.39, 0.29) is 6.61 Å². The van der Waals surface area contributed by atoms with E-state index < -0.39 is 6.03 Å². The van der Waals surface area contributed by atoms with E-state index in [9.17, 15) is 9.90 Å². The molecule has 2 amide bonds. The predicted molar refractivity (Wildman–Crippen MR) is 48.9 cm³/mol. The molecule has 1 rings (SSSR count). The zero-order valence-corrected chi connectivity index (χ0v) is 7.12. The maximum absolute atomic E-state index is 10.4. The van der Waals surface area contributed by atoms with E-state index in [0.29, 0.717) is 12.1 Å². The fourth-order valence-electron chi connectivity index (χ4n) is 1.01. The highest BCUT2D eigenvalue weighted by Crippen LogP contribution is 2.09. The molecule has 0 aromatic heterocycles. The van der Waals surface area contributed by atoms with Crippen molar-refractivity contribution in [3.63, 3.8) is 0 Å². The van der Waals surface area contributed by atoms with Crippen LogP contribution in [0.2, 0.25) is 0 Å². The number of benzene rings is 1. The molecule has 0 spiro atoms. The standard InChI is InChI=1S/C9H11N2O2/c10-9(13)11-8-3-1-7(2-4-8)5-6-12/h1-4H,5-6H2,(H3,10,11,13). The monoisotopic (exact) mass is 179 g/mol. The van der Waals surface area contributed by atoms with E-state index in [1.807, 2.05) is 0 Å². The largest absolute Gasteiger partial charge is 0.351 e. The van der Waals surface area contributed by atoms with Crippen molar-refractivity contribution in [2.24, 2.45) is 5.73 Å². The molecular formula is C9H11N2O2. The SMILES string of the molecule is NC(=O)Nc1ccc(CC[O])cc1. The lowest BCUT2D eigenvalue weighted by molar-refractivity contribution is 0.197. The summed E-state index contributed by atoms with van der Waals surface area (Å²) in [4.78, 5) is 10.4. The maximum Gasteiger partial charge on any atom is 0.316 e. The van der Waals surface area contributed by atoms with Crippen molar-refractivity contribution < 1.29 is 9.90 Å². The third-order valence-electron chi connectivity index (χ3n) is 1.61. The Morgan fingerprint density at radius 3 is 2.38 bits per heavy atom. The number of carbonyl (C=O) groups is 1. The molecule has 0 fully saturated rings. The van der Waals surface area contributed by atoms with Crippen LogP contribution in [0.5, 0.6) is 0 Å². The summed E-state index contributed by atoms with van der Waals surface area (Å²) in [5, 5.41) is 12.7. The quantitative estimate of drug-likeness (QED) is 0.717. The number of nitrogens with two attached hydrogens (primary N) is 1. The van der Waals surface area contributed by atoms with Crippen LogP contribution in [-0.2, 0) is 11.5 Å². The van der Waals surface area contributed by atoms with Gasteiger partial charge in [-0.25, -0.2) is 9.90 Å². The first-order valence-corrected chi connectivity index (χ1v) is 3.96. The number of anilines is 1. The van der Waals surface area contributed by atoms with Crippen LogP contribution in [0.1, 0.15) is 5.56 Å². The highest BCUT2D eigenvalue weighted by Gasteiger charge is 1.96. The topological polar surface area (TPSA) is 75.0 Å². The second-order valence-electron chi connectivity index (χ2n) is 2.64. The minimum atomic E-state index is -0.587. The Bertz CT molecular complexity index is 282. The number of primary amides is 1. The zero-order chi connectivity index (χ0) is 9.68. The van der Waals surface area contributed by atoms with Crippen molar-refractivity contribution >= 4 is 11.7 Å². The molecule has 0 aliphatic heterocycles. The number of carbonyl (C=O) groups excluding carboxylic acids is 1. The van der Waals surface area contributed by atoms with Gasteiger partial charge in [0, 0.05) is 5.69 Å². The van der Waals surface area contributed by atoms with Crippen LogP contribution in [0.3, 0.4) is 0 Å². The van der Waals surface area contributed by atoms with Gasteiger partial charge >= 0.3 is 6.03 Å². The van der Waals surface area contributed by atoms with Crippen LogP contribution >= 0.6 is 0 Å². The Kier molecular flexibility index (Phi) is 3.28. The molecule has 1 aromatic rings. The summed E-state index contributed by atoms with van der Waals surface area (Å²) in [6.45, 7) is -0.122. The van der Waals surface area contributed by atoms with Gasteiger partial charge in [-0.1, -0.05) is 12.1 Å². The van der Waals surface area contributed by atoms with Gasteiger partial charge in [0.2, 0.25) is 0 Å². The van der Waals surface area contributed by atoms with Crippen LogP contribution in [0.15, 0.2) is 24.3 Å². The van der Waals surface area contributed by atoms with Crippen molar-refractivity contribution in [1.29, 1.82) is 0 Å². The van der Waals surface area contributed by atoms with E-state index >= 15 is 0 Å². The van der Waals surface area contributed by atoms with Gasteiger partial charge in [0.25, 0.3) is 0 Å². The number of hydrogen-bond acceptors (Lipinski definition) is 1. The van der Waals surface area contributed by atoms with Crippen LogP contribution < -0.4 is 11.1 Å². The minimum Gasteiger partial charge on any atom is -0.351 e. The molecule has 3 N–H and O–H groups in total. The highest BCUT2D eigenvalue weighted by molar-refractivity contribution is 5.87. The Morgan fingerprint density at radius 2 is 1.92 bits per heavy atom. The first-order valence-electron chi connectivity index (χ1n) is 3.96. The van der Waals surface area contributed by atoms with Crippen molar-refractivity contribution in [3.05, 3.63) is 29.8 Å². The van der Waals surface area contributed by atoms with Crippen LogP contribution in [-0.4, -0.2) is 12.6 Å². The molecule has 69 valence electrons. The number of nitrogens with one attached hydrogen (secondary N) is 1. The van der Waals surface area contributed by atoms with Crippen LogP contribution in [0.4, 0.5) is 10.5 Å². The van der Waals surface area contributed by atoms with E-state index in [1.54, 1.807) is 24.3 Å². The highest BCUT2D eigenvalue weighted by atomic mass is 16.2. The molecule has 0 heterocycles. The summed E-state index contributed by atoms with van der Waals surface area (Å²) >= 11 is 0. The Hall–Kier alpha value is -1.55. The molecular weight excluding hydrogens is 168 g/mol. The van der Waals surface area contributed by atoms with Gasteiger partial charge in [-0.05, 0) is 24.1 Å². The van der Waals surface area contributed by atoms with Crippen molar-refractivity contribution in [3.8, 4) is 0 Å². The van der Waals surface area contributed by atoms with Crippen molar-refractivity contribution in [1.82, 2.24) is 0 Å². The molecule has 1 aromatic carbocycles. The van der Waals surface area contributed by atoms with E-state index in [1.165, 1.54) is 0 Å². The average Bonchev–Trinajstić information content (AvgIpc) is 2.08. The molecule has 0 aliphatic carbocycles. The number of rotatable bonds is 3. The molecule has 0 bridgehead atoms. The molecule has 13 heavy (non-hydrogen) atoms. The normalized spacial score (nSPS) is 9.62. The Labute approximate surface area is 76.4 Å². The van der Waals surface area contributed by atoms with Gasteiger partial charge in [-0.3, -0.25) is 0 Å². The molecule has 4 nitrogen and oxygen atoms in total. The average molecular weight is 179 g/mol. The fraction of sp³-hybridized carbons (Fsp3) is 0.222. The number of amides is 2. The summed E-state index contributed by atoms with van der Waals surface area (Å²) in [6.07, 6.45) is 0.511. The van der Waals surface area contributed by atoms with Crippen molar-refractivity contribution in [2.75, 3.05) is 11.9 Å². The first-order chi connectivity index (χ1) is 6.22. The fourth-order valence-corrected chi connectivity index (χ4v) is 1.01. The summed E-state index contributed by atoms with van der Waals surface area (Å²) in [7, 11) is 0. The van der Waals surface area contributed by atoms with E-state index in [0.717, 1.165) is 5.56 Å². The Balaban J connectivity index is 2.64. The minimum absolute atomic E-state index is 0.122. The van der Waals surface area contributed by atoms with Gasteiger partial charge in [0.15, 0.2) is 0 Å². The predicted octanol–water partition coefficient (Wildman–Crippen LogP) is 1.15. The third-order valence-corrected chi connectivity index (χ3v) is 1.61. The van der Waals surface area contributed by atoms with Gasteiger partial charge < -0.3 is 11.1 Å². The van der Waals surface area contributed by atoms with E-state index in [4.69, 9.17) is 5.73 Å². The molecule has 0 saturated heterocycles. The van der Waals surface area contributed by atoms with Gasteiger partial charge in [0.1, 0.15) is 0 Å². The Morgan fingerprint density at radius 1 is 1.31 bits per heavy atom.